The van der Waals surface area contributed by atoms with Gasteiger partial charge in [-0.15, -0.1) is 0 Å². The Kier molecular flexibility index (Phi) is 2.58. The lowest BCUT2D eigenvalue weighted by atomic mass is 9.72. The van der Waals surface area contributed by atoms with Crippen molar-refractivity contribution in [3.8, 4) is 0 Å². The molecule has 4 rings (SSSR count). The Morgan fingerprint density at radius 2 is 2.30 bits per heavy atom. The predicted octanol–water partition coefficient (Wildman–Crippen LogP) is 4.12. The lowest BCUT2D eigenvalue weighted by molar-refractivity contribution is 0.138. The van der Waals surface area contributed by atoms with E-state index < -0.39 is 0 Å². The third-order valence-electron chi connectivity index (χ3n) is 5.52. The zero-order valence-electron chi connectivity index (χ0n) is 12.2. The first kappa shape index (κ1) is 12.2. The summed E-state index contributed by atoms with van der Waals surface area (Å²) in [7, 11) is 0. The highest BCUT2D eigenvalue weighted by Crippen LogP contribution is 2.53. The summed E-state index contributed by atoms with van der Waals surface area (Å²) >= 11 is 0. The molecule has 2 aromatic rings. The first-order valence-electron chi connectivity index (χ1n) is 7.78. The highest BCUT2D eigenvalue weighted by atomic mass is 15.1. The normalized spacial score (nSPS) is 28.4. The molecule has 0 bridgehead atoms. The second kappa shape index (κ2) is 4.23. The molecule has 1 fully saturated rings. The van der Waals surface area contributed by atoms with Crippen LogP contribution in [0.4, 0.5) is 0 Å². The molecule has 1 N–H and O–H groups in total. The van der Waals surface area contributed by atoms with Crippen LogP contribution in [0.3, 0.4) is 0 Å². The van der Waals surface area contributed by atoms with E-state index in [0.717, 1.165) is 13.1 Å². The Balaban J connectivity index is 2.00. The number of piperidine rings is 1. The van der Waals surface area contributed by atoms with Gasteiger partial charge in [0.2, 0.25) is 0 Å². The van der Waals surface area contributed by atoms with Gasteiger partial charge in [-0.2, -0.15) is 0 Å². The number of para-hydroxylation sites is 1. The minimum atomic E-state index is 0.412. The number of nitrogens with zero attached hydrogens (tertiary/aromatic N) is 1. The maximum atomic E-state index is 4.08. The number of rotatable bonds is 2. The van der Waals surface area contributed by atoms with Crippen molar-refractivity contribution in [3.63, 3.8) is 0 Å². The van der Waals surface area contributed by atoms with Crippen molar-refractivity contribution in [2.24, 2.45) is 5.41 Å². The lowest BCUT2D eigenvalue weighted by Gasteiger charge is -2.39. The van der Waals surface area contributed by atoms with Gasteiger partial charge in [-0.05, 0) is 31.9 Å². The van der Waals surface area contributed by atoms with Crippen molar-refractivity contribution in [1.29, 1.82) is 0 Å². The fourth-order valence-electron chi connectivity index (χ4n) is 4.46. The fraction of sp³-hybridized carbons (Fsp3) is 0.444. The molecule has 1 saturated heterocycles. The van der Waals surface area contributed by atoms with E-state index in [4.69, 9.17) is 0 Å². The van der Waals surface area contributed by atoms with Gasteiger partial charge >= 0.3 is 0 Å². The summed E-state index contributed by atoms with van der Waals surface area (Å²) in [5.41, 5.74) is 4.61. The third kappa shape index (κ3) is 1.38. The molecule has 3 heterocycles. The van der Waals surface area contributed by atoms with Crippen LogP contribution in [-0.2, 0) is 6.54 Å². The van der Waals surface area contributed by atoms with Crippen LogP contribution in [0.1, 0.15) is 43.5 Å². The number of fused-ring (bicyclic) bond motifs is 5. The highest BCUT2D eigenvalue weighted by Gasteiger charge is 2.48. The molecule has 0 radical (unpaired) electrons. The maximum Gasteiger partial charge on any atom is 0.0555 e. The number of hydrogen-bond donors (Lipinski definition) is 1. The molecule has 1 aromatic carbocycles. The number of benzene rings is 1. The van der Waals surface area contributed by atoms with Crippen LogP contribution in [0.5, 0.6) is 0 Å². The zero-order chi connectivity index (χ0) is 13.7. The monoisotopic (exact) mass is 266 g/mol. The summed E-state index contributed by atoms with van der Waals surface area (Å²) in [5, 5.41) is 5.15. The van der Waals surface area contributed by atoms with Gasteiger partial charge in [0.05, 0.1) is 6.04 Å². The molecule has 0 saturated carbocycles. The second-order valence-electron chi connectivity index (χ2n) is 6.31. The first-order valence-corrected chi connectivity index (χ1v) is 7.78. The van der Waals surface area contributed by atoms with Crippen LogP contribution in [-0.4, -0.2) is 11.1 Å². The summed E-state index contributed by atoms with van der Waals surface area (Å²) < 4.78 is 2.55. The standard InChI is InChI=1S/C18H22N2/c1-3-13-14-8-5-6-9-15(14)20-12-18(4-2)10-7-11-19-17(18)16(13)20/h3,5-6,8-9,17,19H,1,4,7,10-12H2,2H3/t17-,18-/m0/s1. The van der Waals surface area contributed by atoms with Crippen LogP contribution in [0, 0.1) is 5.41 Å². The smallest absolute Gasteiger partial charge is 0.0555 e. The molecule has 104 valence electrons. The summed E-state index contributed by atoms with van der Waals surface area (Å²) in [6.45, 7) is 8.73. The van der Waals surface area contributed by atoms with Crippen LogP contribution >= 0.6 is 0 Å². The molecule has 0 unspecified atom stereocenters. The van der Waals surface area contributed by atoms with Gasteiger partial charge in [-0.25, -0.2) is 0 Å². The number of aromatic nitrogens is 1. The summed E-state index contributed by atoms with van der Waals surface area (Å²) in [6, 6.07) is 9.27. The second-order valence-corrected chi connectivity index (χ2v) is 6.31. The van der Waals surface area contributed by atoms with Gasteiger partial charge in [0, 0.05) is 34.1 Å². The lowest BCUT2D eigenvalue weighted by Crippen LogP contribution is -2.41. The van der Waals surface area contributed by atoms with Crippen LogP contribution in [0.15, 0.2) is 30.8 Å². The van der Waals surface area contributed by atoms with Crippen LogP contribution < -0.4 is 5.32 Å². The van der Waals surface area contributed by atoms with E-state index in [-0.39, 0.29) is 0 Å². The van der Waals surface area contributed by atoms with Crippen molar-refractivity contribution >= 4 is 17.0 Å². The SMILES string of the molecule is C=Cc1c2n(c3ccccc13)C[C@]1(CC)CCCN[C@@H]21. The van der Waals surface area contributed by atoms with E-state index in [1.165, 1.54) is 41.4 Å². The number of hydrogen-bond acceptors (Lipinski definition) is 1. The van der Waals surface area contributed by atoms with E-state index >= 15 is 0 Å². The first-order chi connectivity index (χ1) is 9.80. The van der Waals surface area contributed by atoms with Crippen molar-refractivity contribution in [2.75, 3.05) is 6.54 Å². The Labute approximate surface area is 120 Å². The molecule has 20 heavy (non-hydrogen) atoms. The Bertz CT molecular complexity index is 682. The molecular weight excluding hydrogens is 244 g/mol. The van der Waals surface area contributed by atoms with E-state index in [2.05, 4.69) is 53.7 Å². The molecule has 1 aromatic heterocycles. The van der Waals surface area contributed by atoms with Crippen molar-refractivity contribution < 1.29 is 0 Å². The van der Waals surface area contributed by atoms with E-state index in [1.807, 2.05) is 0 Å². The van der Waals surface area contributed by atoms with E-state index in [9.17, 15) is 0 Å². The van der Waals surface area contributed by atoms with Crippen LogP contribution in [0.25, 0.3) is 17.0 Å². The average Bonchev–Trinajstić information content (AvgIpc) is 2.99. The minimum Gasteiger partial charge on any atom is -0.342 e. The molecule has 0 amide bonds. The zero-order valence-corrected chi connectivity index (χ0v) is 12.2. The van der Waals surface area contributed by atoms with Crippen LogP contribution in [0.2, 0.25) is 0 Å². The fourth-order valence-corrected chi connectivity index (χ4v) is 4.46. The van der Waals surface area contributed by atoms with E-state index in [1.54, 1.807) is 0 Å². The summed E-state index contributed by atoms with van der Waals surface area (Å²) in [6.07, 6.45) is 5.94. The molecule has 2 aliphatic rings. The molecular formula is C18H22N2. The minimum absolute atomic E-state index is 0.412. The molecule has 2 nitrogen and oxygen atoms in total. The Morgan fingerprint density at radius 1 is 1.45 bits per heavy atom. The van der Waals surface area contributed by atoms with Crippen molar-refractivity contribution in [3.05, 3.63) is 42.1 Å². The van der Waals surface area contributed by atoms with Gasteiger partial charge < -0.3 is 9.88 Å². The van der Waals surface area contributed by atoms with Gasteiger partial charge in [-0.1, -0.05) is 37.8 Å². The largest absolute Gasteiger partial charge is 0.342 e. The molecule has 2 atom stereocenters. The predicted molar refractivity (Wildman–Crippen MR) is 84.7 cm³/mol. The topological polar surface area (TPSA) is 17.0 Å². The van der Waals surface area contributed by atoms with Gasteiger partial charge in [0.15, 0.2) is 0 Å². The van der Waals surface area contributed by atoms with E-state index in [0.29, 0.717) is 11.5 Å². The summed E-state index contributed by atoms with van der Waals surface area (Å²) in [4.78, 5) is 0. The quantitative estimate of drug-likeness (QED) is 0.865. The van der Waals surface area contributed by atoms with Gasteiger partial charge in [-0.3, -0.25) is 0 Å². The van der Waals surface area contributed by atoms with Gasteiger partial charge in [0.25, 0.3) is 0 Å². The average molecular weight is 266 g/mol. The maximum absolute atomic E-state index is 4.08. The Hall–Kier alpha value is -1.54. The number of nitrogens with one attached hydrogen (secondary N) is 1. The van der Waals surface area contributed by atoms with Crippen molar-refractivity contribution in [1.82, 2.24) is 9.88 Å². The molecule has 2 heteroatoms. The molecule has 2 aliphatic heterocycles. The molecule has 0 spiro atoms. The Morgan fingerprint density at radius 3 is 3.10 bits per heavy atom. The van der Waals surface area contributed by atoms with Gasteiger partial charge in [0.1, 0.15) is 0 Å². The summed E-state index contributed by atoms with van der Waals surface area (Å²) in [5.74, 6) is 0. The van der Waals surface area contributed by atoms with Crippen molar-refractivity contribution in [2.45, 2.75) is 38.8 Å². The third-order valence-corrected chi connectivity index (χ3v) is 5.52. The molecule has 0 aliphatic carbocycles. The highest BCUT2D eigenvalue weighted by molar-refractivity contribution is 5.91.